The summed E-state index contributed by atoms with van der Waals surface area (Å²) in [6, 6.07) is 5.10. The van der Waals surface area contributed by atoms with Crippen LogP contribution in [-0.4, -0.2) is 41.9 Å². The van der Waals surface area contributed by atoms with Gasteiger partial charge in [-0.25, -0.2) is 9.59 Å². The van der Waals surface area contributed by atoms with Crippen LogP contribution in [0.2, 0.25) is 5.02 Å². The van der Waals surface area contributed by atoms with E-state index in [1.54, 1.807) is 31.2 Å². The topological polar surface area (TPSA) is 108 Å². The number of imide groups is 2. The van der Waals surface area contributed by atoms with E-state index in [4.69, 9.17) is 11.6 Å². The zero-order chi connectivity index (χ0) is 19.5. The van der Waals surface area contributed by atoms with Crippen molar-refractivity contribution in [2.45, 2.75) is 26.3 Å². The Labute approximate surface area is 156 Å². The first kappa shape index (κ1) is 19.7. The summed E-state index contributed by atoms with van der Waals surface area (Å²) in [6.45, 7) is 5.21. The van der Waals surface area contributed by atoms with Crippen molar-refractivity contribution >= 4 is 35.5 Å². The number of hydrogen-bond acceptors (Lipinski definition) is 4. The van der Waals surface area contributed by atoms with E-state index in [1.165, 1.54) is 0 Å². The fraction of sp³-hybridized carbons (Fsp3) is 0.412. The van der Waals surface area contributed by atoms with Crippen molar-refractivity contribution in [1.29, 1.82) is 0 Å². The van der Waals surface area contributed by atoms with E-state index in [1.807, 2.05) is 13.8 Å². The van der Waals surface area contributed by atoms with Gasteiger partial charge in [0.25, 0.3) is 5.91 Å². The zero-order valence-electron chi connectivity index (χ0n) is 14.8. The van der Waals surface area contributed by atoms with Gasteiger partial charge in [0.15, 0.2) is 0 Å². The van der Waals surface area contributed by atoms with Crippen LogP contribution in [-0.2, 0) is 15.1 Å². The third-order valence-corrected chi connectivity index (χ3v) is 4.17. The van der Waals surface area contributed by atoms with Crippen molar-refractivity contribution in [2.75, 3.05) is 13.1 Å². The van der Waals surface area contributed by atoms with Crippen molar-refractivity contribution in [2.24, 2.45) is 5.92 Å². The summed E-state index contributed by atoms with van der Waals surface area (Å²) >= 11 is 5.85. The maximum absolute atomic E-state index is 12.7. The molecule has 3 N–H and O–H groups in total. The number of amides is 6. The van der Waals surface area contributed by atoms with E-state index in [0.717, 1.165) is 4.90 Å². The Morgan fingerprint density at radius 3 is 2.42 bits per heavy atom. The van der Waals surface area contributed by atoms with Gasteiger partial charge in [-0.15, -0.1) is 0 Å². The average Bonchev–Trinajstić information content (AvgIpc) is 2.77. The van der Waals surface area contributed by atoms with Gasteiger partial charge in [0.2, 0.25) is 5.91 Å². The first-order chi connectivity index (χ1) is 12.1. The highest BCUT2D eigenvalue weighted by atomic mass is 35.5. The highest BCUT2D eigenvalue weighted by Crippen LogP contribution is 2.29. The smallest absolute Gasteiger partial charge is 0.325 e. The molecule has 1 aliphatic rings. The van der Waals surface area contributed by atoms with Gasteiger partial charge in [-0.05, 0) is 30.5 Å². The number of halogens is 1. The lowest BCUT2D eigenvalue weighted by atomic mass is 9.92. The quantitative estimate of drug-likeness (QED) is 0.674. The van der Waals surface area contributed by atoms with E-state index in [0.29, 0.717) is 17.1 Å². The summed E-state index contributed by atoms with van der Waals surface area (Å²) in [4.78, 5) is 49.2. The number of rotatable bonds is 5. The lowest BCUT2D eigenvalue weighted by molar-refractivity contribution is -0.134. The van der Waals surface area contributed by atoms with Gasteiger partial charge in [-0.3, -0.25) is 19.8 Å². The molecule has 1 heterocycles. The predicted molar refractivity (Wildman–Crippen MR) is 95.4 cm³/mol. The molecule has 1 aromatic carbocycles. The molecule has 2 rings (SSSR count). The summed E-state index contributed by atoms with van der Waals surface area (Å²) in [5, 5.41) is 7.69. The average molecular weight is 381 g/mol. The molecule has 8 nitrogen and oxygen atoms in total. The minimum absolute atomic E-state index is 0.224. The maximum atomic E-state index is 12.7. The number of benzene rings is 1. The van der Waals surface area contributed by atoms with Crippen molar-refractivity contribution in [1.82, 2.24) is 20.9 Å². The molecule has 1 saturated heterocycles. The molecule has 26 heavy (non-hydrogen) atoms. The van der Waals surface area contributed by atoms with Crippen molar-refractivity contribution < 1.29 is 19.2 Å². The Kier molecular flexibility index (Phi) is 5.86. The second-order valence-electron chi connectivity index (χ2n) is 6.61. The molecular formula is C17H21ClN4O4. The number of urea groups is 2. The Hall–Kier alpha value is -2.61. The molecule has 9 heteroatoms. The van der Waals surface area contributed by atoms with Crippen LogP contribution in [0.15, 0.2) is 24.3 Å². The first-order valence-corrected chi connectivity index (χ1v) is 8.49. The third kappa shape index (κ3) is 4.32. The second-order valence-corrected chi connectivity index (χ2v) is 7.04. The van der Waals surface area contributed by atoms with Gasteiger partial charge in [-0.2, -0.15) is 0 Å². The summed E-state index contributed by atoms with van der Waals surface area (Å²) < 4.78 is 0. The number of nitrogens with zero attached hydrogens (tertiary/aromatic N) is 1. The molecule has 1 atom stereocenters. The van der Waals surface area contributed by atoms with Crippen LogP contribution in [0.5, 0.6) is 0 Å². The van der Waals surface area contributed by atoms with Crippen LogP contribution in [0.4, 0.5) is 9.59 Å². The minimum Gasteiger partial charge on any atom is -0.338 e. The van der Waals surface area contributed by atoms with Crippen LogP contribution in [0.1, 0.15) is 26.3 Å². The molecule has 1 aromatic rings. The highest BCUT2D eigenvalue weighted by Gasteiger charge is 2.49. The van der Waals surface area contributed by atoms with Gasteiger partial charge in [0, 0.05) is 11.6 Å². The molecular weight excluding hydrogens is 360 g/mol. The van der Waals surface area contributed by atoms with Crippen LogP contribution >= 0.6 is 11.6 Å². The monoisotopic (exact) mass is 380 g/mol. The molecule has 140 valence electrons. The van der Waals surface area contributed by atoms with E-state index in [9.17, 15) is 19.2 Å². The van der Waals surface area contributed by atoms with Crippen molar-refractivity contribution in [3.8, 4) is 0 Å². The second kappa shape index (κ2) is 7.74. The van der Waals surface area contributed by atoms with Crippen LogP contribution in [0.25, 0.3) is 0 Å². The van der Waals surface area contributed by atoms with E-state index >= 15 is 0 Å². The molecule has 0 spiro atoms. The molecule has 0 aromatic heterocycles. The molecule has 1 aliphatic heterocycles. The molecule has 0 saturated carbocycles. The normalized spacial score (nSPS) is 19.5. The molecule has 1 fully saturated rings. The fourth-order valence-electron chi connectivity index (χ4n) is 2.47. The lowest BCUT2D eigenvalue weighted by Gasteiger charge is -2.22. The first-order valence-electron chi connectivity index (χ1n) is 8.11. The Balaban J connectivity index is 2.03. The predicted octanol–water partition coefficient (Wildman–Crippen LogP) is 1.59. The Morgan fingerprint density at radius 1 is 1.23 bits per heavy atom. The van der Waals surface area contributed by atoms with Gasteiger partial charge < -0.3 is 10.6 Å². The molecule has 0 radical (unpaired) electrons. The zero-order valence-corrected chi connectivity index (χ0v) is 15.5. The van der Waals surface area contributed by atoms with Gasteiger partial charge in [0.1, 0.15) is 12.1 Å². The highest BCUT2D eigenvalue weighted by molar-refractivity contribution is 6.30. The number of carbonyl (C=O) groups is 4. The summed E-state index contributed by atoms with van der Waals surface area (Å²) in [7, 11) is 0. The molecule has 0 unspecified atom stereocenters. The van der Waals surface area contributed by atoms with Crippen molar-refractivity contribution in [3.63, 3.8) is 0 Å². The summed E-state index contributed by atoms with van der Waals surface area (Å²) in [6.07, 6.45) is 0. The Bertz CT molecular complexity index is 735. The van der Waals surface area contributed by atoms with Gasteiger partial charge >= 0.3 is 12.1 Å². The maximum Gasteiger partial charge on any atom is 0.325 e. The molecule has 0 aliphatic carbocycles. The number of hydrogen-bond donors (Lipinski definition) is 3. The number of nitrogens with one attached hydrogen (secondary N) is 3. The van der Waals surface area contributed by atoms with E-state index < -0.39 is 36.0 Å². The van der Waals surface area contributed by atoms with Gasteiger partial charge in [0.05, 0.1) is 0 Å². The van der Waals surface area contributed by atoms with E-state index in [2.05, 4.69) is 16.0 Å². The van der Waals surface area contributed by atoms with Crippen LogP contribution in [0, 0.1) is 5.92 Å². The van der Waals surface area contributed by atoms with Crippen molar-refractivity contribution in [3.05, 3.63) is 34.9 Å². The summed E-state index contributed by atoms with van der Waals surface area (Å²) in [5.74, 6) is -1.11. The lowest BCUT2D eigenvalue weighted by Crippen LogP contribution is -2.47. The standard InChI is InChI=1S/C17H21ClN4O4/c1-10(2)8-19-15(25)20-13(23)9-22-14(24)17(3,21-16(22)26)11-4-6-12(18)7-5-11/h4-7,10H,8-9H2,1-3H3,(H,21,26)(H2,19,20,23,25)/t17-/m1/s1. The molecule has 0 bridgehead atoms. The largest absolute Gasteiger partial charge is 0.338 e. The fourth-order valence-corrected chi connectivity index (χ4v) is 2.60. The summed E-state index contributed by atoms with van der Waals surface area (Å²) in [5.41, 5.74) is -0.764. The van der Waals surface area contributed by atoms with E-state index in [-0.39, 0.29) is 5.92 Å². The third-order valence-electron chi connectivity index (χ3n) is 3.92. The number of carbonyl (C=O) groups excluding carboxylic acids is 4. The van der Waals surface area contributed by atoms with Crippen LogP contribution < -0.4 is 16.0 Å². The van der Waals surface area contributed by atoms with Crippen LogP contribution in [0.3, 0.4) is 0 Å². The Morgan fingerprint density at radius 2 is 1.85 bits per heavy atom. The minimum atomic E-state index is -1.30. The SMILES string of the molecule is CC(C)CNC(=O)NC(=O)CN1C(=O)N[C@](C)(c2ccc(Cl)cc2)C1=O. The molecule has 6 amide bonds. The van der Waals surface area contributed by atoms with Gasteiger partial charge in [-0.1, -0.05) is 37.6 Å².